The maximum absolute atomic E-state index is 12.6. The van der Waals surface area contributed by atoms with E-state index in [1.165, 1.54) is 12.8 Å². The first-order chi connectivity index (χ1) is 8.29. The van der Waals surface area contributed by atoms with Gasteiger partial charge in [0.2, 0.25) is 5.91 Å². The van der Waals surface area contributed by atoms with Gasteiger partial charge in [0.1, 0.15) is 5.41 Å². The molecule has 2 rings (SSSR count). The van der Waals surface area contributed by atoms with Crippen LogP contribution in [0.2, 0.25) is 0 Å². The van der Waals surface area contributed by atoms with E-state index in [4.69, 9.17) is 0 Å². The Morgan fingerprint density at radius 3 is 2.39 bits per heavy atom. The molecule has 0 saturated heterocycles. The molecule has 3 nitrogen and oxygen atoms in total. The molecule has 18 heavy (non-hydrogen) atoms. The quantitative estimate of drug-likeness (QED) is 0.716. The Kier molecular flexibility index (Phi) is 2.96. The lowest BCUT2D eigenvalue weighted by Gasteiger charge is -2.65. The number of amides is 1. The summed E-state index contributed by atoms with van der Waals surface area (Å²) in [5.41, 5.74) is -0.982. The summed E-state index contributed by atoms with van der Waals surface area (Å²) in [6.07, 6.45) is 3.44. The molecule has 2 aliphatic carbocycles. The van der Waals surface area contributed by atoms with Crippen LogP contribution >= 0.6 is 0 Å². The SMILES string of the molecule is CC1CCC2C(C1)C(C#N)(C(=O)N(C)C)C2(C)C. The van der Waals surface area contributed by atoms with E-state index in [1.54, 1.807) is 19.0 Å². The highest BCUT2D eigenvalue weighted by Gasteiger charge is 2.72. The van der Waals surface area contributed by atoms with E-state index in [1.807, 2.05) is 0 Å². The average molecular weight is 248 g/mol. The van der Waals surface area contributed by atoms with Crippen molar-refractivity contribution < 1.29 is 4.79 Å². The van der Waals surface area contributed by atoms with Gasteiger partial charge in [-0.3, -0.25) is 4.79 Å². The van der Waals surface area contributed by atoms with Gasteiger partial charge in [-0.1, -0.05) is 27.2 Å². The van der Waals surface area contributed by atoms with Crippen molar-refractivity contribution in [1.29, 1.82) is 5.26 Å². The van der Waals surface area contributed by atoms with Crippen molar-refractivity contribution in [3.05, 3.63) is 0 Å². The zero-order chi connectivity index (χ0) is 13.7. The number of nitrogens with zero attached hydrogens (tertiary/aromatic N) is 2. The van der Waals surface area contributed by atoms with Crippen molar-refractivity contribution in [2.24, 2.45) is 28.6 Å². The summed E-state index contributed by atoms with van der Waals surface area (Å²) in [7, 11) is 3.52. The van der Waals surface area contributed by atoms with Crippen molar-refractivity contribution >= 4 is 5.91 Å². The van der Waals surface area contributed by atoms with Gasteiger partial charge in [-0.15, -0.1) is 0 Å². The molecule has 0 N–H and O–H groups in total. The molecule has 0 aromatic rings. The second-order valence-corrected chi connectivity index (χ2v) is 6.97. The Hall–Kier alpha value is -1.04. The van der Waals surface area contributed by atoms with Gasteiger partial charge in [-0.05, 0) is 36.0 Å². The van der Waals surface area contributed by atoms with Crippen LogP contribution < -0.4 is 0 Å². The highest BCUT2D eigenvalue weighted by atomic mass is 16.2. The van der Waals surface area contributed by atoms with Gasteiger partial charge in [-0.25, -0.2) is 0 Å². The number of hydrogen-bond acceptors (Lipinski definition) is 2. The van der Waals surface area contributed by atoms with Crippen molar-refractivity contribution in [1.82, 2.24) is 4.90 Å². The lowest BCUT2D eigenvalue weighted by atomic mass is 9.36. The molecule has 2 saturated carbocycles. The van der Waals surface area contributed by atoms with Crippen molar-refractivity contribution in [3.63, 3.8) is 0 Å². The summed E-state index contributed by atoms with van der Waals surface area (Å²) < 4.78 is 0. The number of carbonyl (C=O) groups is 1. The Balaban J connectivity index is 2.40. The first-order valence-corrected chi connectivity index (χ1v) is 6.92. The fourth-order valence-corrected chi connectivity index (χ4v) is 4.46. The molecule has 0 bridgehead atoms. The standard InChI is InChI=1S/C15H24N2O/c1-10-6-7-11-12(8-10)15(9-16,14(11,2)3)13(18)17(4)5/h10-12H,6-8H2,1-5H3. The Bertz CT molecular complexity index is 407. The van der Waals surface area contributed by atoms with E-state index >= 15 is 0 Å². The van der Waals surface area contributed by atoms with Crippen LogP contribution in [0.5, 0.6) is 0 Å². The van der Waals surface area contributed by atoms with Crippen LogP contribution in [0.1, 0.15) is 40.0 Å². The predicted octanol–water partition coefficient (Wildman–Crippen LogP) is 2.68. The zero-order valence-corrected chi connectivity index (χ0v) is 12.2. The van der Waals surface area contributed by atoms with E-state index in [2.05, 4.69) is 26.8 Å². The molecule has 0 aromatic carbocycles. The molecule has 1 amide bonds. The lowest BCUT2D eigenvalue weighted by molar-refractivity contribution is -0.198. The first kappa shape index (κ1) is 13.4. The molecule has 3 heteroatoms. The normalized spacial score (nSPS) is 41.2. The molecule has 0 radical (unpaired) electrons. The van der Waals surface area contributed by atoms with E-state index < -0.39 is 5.41 Å². The van der Waals surface area contributed by atoms with Crippen LogP contribution in [0.4, 0.5) is 0 Å². The topological polar surface area (TPSA) is 44.1 Å². The van der Waals surface area contributed by atoms with Gasteiger partial charge in [0, 0.05) is 14.1 Å². The van der Waals surface area contributed by atoms with Crippen molar-refractivity contribution in [2.75, 3.05) is 14.1 Å². The molecule has 0 aliphatic heterocycles. The van der Waals surface area contributed by atoms with Crippen LogP contribution in [0.25, 0.3) is 0 Å². The minimum absolute atomic E-state index is 0.00495. The molecule has 0 aromatic heterocycles. The largest absolute Gasteiger partial charge is 0.347 e. The number of nitriles is 1. The van der Waals surface area contributed by atoms with E-state index in [9.17, 15) is 10.1 Å². The zero-order valence-electron chi connectivity index (χ0n) is 12.2. The fourth-order valence-electron chi connectivity index (χ4n) is 4.46. The third kappa shape index (κ3) is 1.38. The van der Waals surface area contributed by atoms with Gasteiger partial charge < -0.3 is 4.90 Å². The van der Waals surface area contributed by atoms with Crippen LogP contribution in [0, 0.1) is 39.9 Å². The highest BCUT2D eigenvalue weighted by Crippen LogP contribution is 2.69. The fraction of sp³-hybridized carbons (Fsp3) is 0.867. The van der Waals surface area contributed by atoms with Crippen LogP contribution in [-0.4, -0.2) is 24.9 Å². The van der Waals surface area contributed by atoms with Crippen LogP contribution in [0.15, 0.2) is 0 Å². The van der Waals surface area contributed by atoms with Gasteiger partial charge in [0.05, 0.1) is 6.07 Å². The predicted molar refractivity (Wildman–Crippen MR) is 70.5 cm³/mol. The summed E-state index contributed by atoms with van der Waals surface area (Å²) in [6, 6.07) is 2.41. The van der Waals surface area contributed by atoms with Gasteiger partial charge in [0.15, 0.2) is 0 Å². The molecule has 0 spiro atoms. The smallest absolute Gasteiger partial charge is 0.243 e. The van der Waals surface area contributed by atoms with Gasteiger partial charge >= 0.3 is 0 Å². The molecule has 4 unspecified atom stereocenters. The summed E-state index contributed by atoms with van der Waals surface area (Å²) >= 11 is 0. The molecular weight excluding hydrogens is 224 g/mol. The minimum Gasteiger partial charge on any atom is -0.347 e. The number of carbonyl (C=O) groups excluding carboxylic acids is 1. The third-order valence-corrected chi connectivity index (χ3v) is 5.53. The second kappa shape index (κ2) is 3.98. The first-order valence-electron chi connectivity index (χ1n) is 6.92. The molecule has 2 aliphatic rings. The third-order valence-electron chi connectivity index (χ3n) is 5.53. The van der Waals surface area contributed by atoms with E-state index in [-0.39, 0.29) is 17.2 Å². The lowest BCUT2D eigenvalue weighted by Crippen LogP contribution is -2.69. The molecular formula is C15H24N2O. The van der Waals surface area contributed by atoms with Crippen molar-refractivity contribution in [2.45, 2.75) is 40.0 Å². The van der Waals surface area contributed by atoms with Crippen LogP contribution in [0.3, 0.4) is 0 Å². The summed E-state index contributed by atoms with van der Waals surface area (Å²) in [5, 5.41) is 9.72. The van der Waals surface area contributed by atoms with Crippen molar-refractivity contribution in [3.8, 4) is 6.07 Å². The maximum atomic E-state index is 12.6. The Labute approximate surface area is 110 Å². The van der Waals surface area contributed by atoms with E-state index in [0.717, 1.165) is 6.42 Å². The number of hydrogen-bond donors (Lipinski definition) is 0. The maximum Gasteiger partial charge on any atom is 0.243 e. The van der Waals surface area contributed by atoms with E-state index in [0.29, 0.717) is 11.8 Å². The van der Waals surface area contributed by atoms with Crippen LogP contribution in [-0.2, 0) is 4.79 Å². The van der Waals surface area contributed by atoms with Gasteiger partial charge in [-0.2, -0.15) is 5.26 Å². The second-order valence-electron chi connectivity index (χ2n) is 6.97. The number of fused-ring (bicyclic) bond motifs is 1. The number of rotatable bonds is 1. The summed E-state index contributed by atoms with van der Waals surface area (Å²) in [6.45, 7) is 6.45. The molecule has 0 heterocycles. The molecule has 2 fully saturated rings. The van der Waals surface area contributed by atoms with Gasteiger partial charge in [0.25, 0.3) is 0 Å². The Morgan fingerprint density at radius 1 is 1.28 bits per heavy atom. The summed E-state index contributed by atoms with van der Waals surface area (Å²) in [5.74, 6) is 1.45. The minimum atomic E-state index is -0.796. The highest BCUT2D eigenvalue weighted by molar-refractivity contribution is 5.88. The average Bonchev–Trinajstić information content (AvgIpc) is 2.29. The summed E-state index contributed by atoms with van der Waals surface area (Å²) in [4.78, 5) is 14.2. The Morgan fingerprint density at radius 2 is 1.89 bits per heavy atom. The monoisotopic (exact) mass is 248 g/mol. The molecule has 4 atom stereocenters. The molecule has 100 valence electrons.